The van der Waals surface area contributed by atoms with Crippen LogP contribution in [0.5, 0.6) is 0 Å². The third-order valence-corrected chi connectivity index (χ3v) is 2.10. The van der Waals surface area contributed by atoms with Gasteiger partial charge in [0.05, 0.1) is 12.4 Å². The number of aromatic nitrogens is 4. The Morgan fingerprint density at radius 1 is 1.07 bits per heavy atom. The van der Waals surface area contributed by atoms with Gasteiger partial charge in [-0.05, 0) is 0 Å². The number of nitrogens with zero attached hydrogens (tertiary/aromatic N) is 4. The molecule has 0 radical (unpaired) electrons. The van der Waals surface area contributed by atoms with Gasteiger partial charge in [-0.3, -0.25) is 0 Å². The SMILES string of the molecule is ClC(Cl)(Cl)c1cnc2cncnc2n1. The molecule has 14 heavy (non-hydrogen) atoms. The second-order valence-corrected chi connectivity index (χ2v) is 4.77. The predicted octanol–water partition coefficient (Wildman–Crippen LogP) is 2.25. The molecule has 0 spiro atoms. The molecule has 0 atom stereocenters. The van der Waals surface area contributed by atoms with E-state index in [4.69, 9.17) is 34.8 Å². The molecule has 2 aromatic heterocycles. The summed E-state index contributed by atoms with van der Waals surface area (Å²) in [6.45, 7) is 0. The third kappa shape index (κ3) is 1.87. The summed E-state index contributed by atoms with van der Waals surface area (Å²) in [4.78, 5) is 15.7. The van der Waals surface area contributed by atoms with Gasteiger partial charge in [-0.2, -0.15) is 0 Å². The minimum atomic E-state index is -1.58. The smallest absolute Gasteiger partial charge is 0.234 e. The minimum Gasteiger partial charge on any atom is -0.249 e. The van der Waals surface area contributed by atoms with Crippen LogP contribution in [0.1, 0.15) is 5.69 Å². The summed E-state index contributed by atoms with van der Waals surface area (Å²) in [5, 5.41) is 0. The van der Waals surface area contributed by atoms with Crippen molar-refractivity contribution >= 4 is 46.0 Å². The molecular formula is C7H3Cl3N4. The van der Waals surface area contributed by atoms with Crippen molar-refractivity contribution in [1.82, 2.24) is 19.9 Å². The lowest BCUT2D eigenvalue weighted by atomic mass is 10.4. The second-order valence-electron chi connectivity index (χ2n) is 2.48. The van der Waals surface area contributed by atoms with Crippen molar-refractivity contribution in [2.45, 2.75) is 3.79 Å². The zero-order chi connectivity index (χ0) is 10.2. The first-order valence-electron chi connectivity index (χ1n) is 3.57. The fourth-order valence-corrected chi connectivity index (χ4v) is 1.18. The lowest BCUT2D eigenvalue weighted by Crippen LogP contribution is -2.05. The van der Waals surface area contributed by atoms with Gasteiger partial charge in [0.15, 0.2) is 5.65 Å². The largest absolute Gasteiger partial charge is 0.249 e. The van der Waals surface area contributed by atoms with Crippen LogP contribution < -0.4 is 0 Å². The molecule has 0 amide bonds. The molecule has 0 aliphatic heterocycles. The Bertz CT molecular complexity index is 468. The van der Waals surface area contributed by atoms with E-state index in [1.54, 1.807) is 0 Å². The highest BCUT2D eigenvalue weighted by Gasteiger charge is 2.25. The summed E-state index contributed by atoms with van der Waals surface area (Å²) in [6.07, 6.45) is 4.29. The zero-order valence-electron chi connectivity index (χ0n) is 6.65. The highest BCUT2D eigenvalue weighted by Crippen LogP contribution is 2.36. The van der Waals surface area contributed by atoms with Gasteiger partial charge in [-0.25, -0.2) is 19.9 Å². The van der Waals surface area contributed by atoms with Gasteiger partial charge in [0.2, 0.25) is 3.79 Å². The van der Waals surface area contributed by atoms with E-state index in [1.165, 1.54) is 18.7 Å². The summed E-state index contributed by atoms with van der Waals surface area (Å²) in [7, 11) is 0. The quantitative estimate of drug-likeness (QED) is 0.672. The van der Waals surface area contributed by atoms with Crippen molar-refractivity contribution in [2.75, 3.05) is 0 Å². The minimum absolute atomic E-state index is 0.244. The van der Waals surface area contributed by atoms with Crippen LogP contribution in [0.25, 0.3) is 11.2 Å². The van der Waals surface area contributed by atoms with Gasteiger partial charge in [0, 0.05) is 0 Å². The molecule has 0 N–H and O–H groups in total. The van der Waals surface area contributed by atoms with Crippen molar-refractivity contribution < 1.29 is 0 Å². The fourth-order valence-electron chi connectivity index (χ4n) is 0.903. The molecule has 0 aliphatic carbocycles. The Labute approximate surface area is 94.3 Å². The zero-order valence-corrected chi connectivity index (χ0v) is 8.92. The average Bonchev–Trinajstić information content (AvgIpc) is 2.16. The molecule has 0 aromatic carbocycles. The summed E-state index contributed by atoms with van der Waals surface area (Å²) in [5.41, 5.74) is 1.21. The number of halogens is 3. The molecule has 7 heteroatoms. The Balaban J connectivity index is 2.63. The molecule has 2 heterocycles. The molecule has 2 rings (SSSR count). The molecule has 0 aliphatic rings. The van der Waals surface area contributed by atoms with Crippen LogP contribution >= 0.6 is 34.8 Å². The van der Waals surface area contributed by atoms with Gasteiger partial charge in [-0.1, -0.05) is 34.8 Å². The van der Waals surface area contributed by atoms with Gasteiger partial charge in [0.1, 0.15) is 17.5 Å². The molecule has 0 saturated carbocycles. The van der Waals surface area contributed by atoms with E-state index in [9.17, 15) is 0 Å². The van der Waals surface area contributed by atoms with Crippen LogP contribution in [0.2, 0.25) is 0 Å². The molecule has 0 bridgehead atoms. The van der Waals surface area contributed by atoms with Gasteiger partial charge >= 0.3 is 0 Å². The van der Waals surface area contributed by atoms with E-state index >= 15 is 0 Å². The van der Waals surface area contributed by atoms with Gasteiger partial charge in [0.25, 0.3) is 0 Å². The topological polar surface area (TPSA) is 51.6 Å². The predicted molar refractivity (Wildman–Crippen MR) is 54.4 cm³/mol. The van der Waals surface area contributed by atoms with Crippen molar-refractivity contribution in [1.29, 1.82) is 0 Å². The van der Waals surface area contributed by atoms with Crippen molar-refractivity contribution in [3.63, 3.8) is 0 Å². The molecule has 0 unspecified atom stereocenters. The molecular weight excluding hydrogens is 246 g/mol. The monoisotopic (exact) mass is 248 g/mol. The van der Waals surface area contributed by atoms with E-state index in [1.807, 2.05) is 0 Å². The first kappa shape index (κ1) is 9.83. The van der Waals surface area contributed by atoms with E-state index < -0.39 is 3.79 Å². The highest BCUT2D eigenvalue weighted by atomic mass is 35.6. The lowest BCUT2D eigenvalue weighted by Gasteiger charge is -2.08. The normalized spacial score (nSPS) is 11.9. The van der Waals surface area contributed by atoms with E-state index in [-0.39, 0.29) is 5.69 Å². The van der Waals surface area contributed by atoms with E-state index in [0.717, 1.165) is 0 Å². The highest BCUT2D eigenvalue weighted by molar-refractivity contribution is 6.66. The maximum atomic E-state index is 5.64. The Morgan fingerprint density at radius 3 is 2.57 bits per heavy atom. The van der Waals surface area contributed by atoms with Crippen LogP contribution in [0.15, 0.2) is 18.7 Å². The number of hydrogen-bond acceptors (Lipinski definition) is 4. The Hall–Kier alpha value is -0.710. The second kappa shape index (κ2) is 3.46. The first-order chi connectivity index (χ1) is 6.57. The number of rotatable bonds is 0. The van der Waals surface area contributed by atoms with Crippen LogP contribution in [0, 0.1) is 0 Å². The molecule has 0 fully saturated rings. The first-order valence-corrected chi connectivity index (χ1v) is 4.71. The van der Waals surface area contributed by atoms with Gasteiger partial charge in [-0.15, -0.1) is 0 Å². The van der Waals surface area contributed by atoms with Crippen LogP contribution in [-0.4, -0.2) is 19.9 Å². The molecule has 4 nitrogen and oxygen atoms in total. The maximum absolute atomic E-state index is 5.64. The van der Waals surface area contributed by atoms with Crippen LogP contribution in [0.3, 0.4) is 0 Å². The van der Waals surface area contributed by atoms with Crippen molar-refractivity contribution in [3.8, 4) is 0 Å². The number of hydrogen-bond donors (Lipinski definition) is 0. The molecule has 2 aromatic rings. The summed E-state index contributed by atoms with van der Waals surface area (Å²) in [6, 6.07) is 0. The van der Waals surface area contributed by atoms with Crippen LogP contribution in [0.4, 0.5) is 0 Å². The lowest BCUT2D eigenvalue weighted by molar-refractivity contribution is 1.04. The summed E-state index contributed by atoms with van der Waals surface area (Å²) < 4.78 is -1.58. The average molecular weight is 249 g/mol. The number of fused-ring (bicyclic) bond motifs is 1. The van der Waals surface area contributed by atoms with Crippen molar-refractivity contribution in [3.05, 3.63) is 24.4 Å². The van der Waals surface area contributed by atoms with E-state index in [2.05, 4.69) is 19.9 Å². The van der Waals surface area contributed by atoms with Crippen molar-refractivity contribution in [2.24, 2.45) is 0 Å². The van der Waals surface area contributed by atoms with E-state index in [0.29, 0.717) is 11.2 Å². The van der Waals surface area contributed by atoms with Gasteiger partial charge < -0.3 is 0 Å². The molecule has 0 saturated heterocycles. The summed E-state index contributed by atoms with van der Waals surface area (Å²) in [5.74, 6) is 0. The Morgan fingerprint density at radius 2 is 1.86 bits per heavy atom. The fraction of sp³-hybridized carbons (Fsp3) is 0.143. The standard InChI is InChI=1S/C7H3Cl3N4/c8-7(9,10)5-2-12-4-1-11-3-13-6(4)14-5/h1-3H. The maximum Gasteiger partial charge on any atom is 0.234 e. The third-order valence-electron chi connectivity index (χ3n) is 1.52. The molecule has 72 valence electrons. The number of alkyl halides is 3. The Kier molecular flexibility index (Phi) is 2.43. The summed E-state index contributed by atoms with van der Waals surface area (Å²) >= 11 is 16.9. The van der Waals surface area contributed by atoms with Crippen LogP contribution in [-0.2, 0) is 3.79 Å².